The van der Waals surface area contributed by atoms with Gasteiger partial charge < -0.3 is 5.32 Å². The first-order chi connectivity index (χ1) is 14.5. The minimum Gasteiger partial charge on any atom is -0.366 e. The molecule has 3 rings (SSSR count). The Morgan fingerprint density at radius 2 is 1.61 bits per heavy atom. The van der Waals surface area contributed by atoms with E-state index in [1.165, 1.54) is 12.3 Å². The molecule has 0 fully saturated rings. The van der Waals surface area contributed by atoms with Gasteiger partial charge in [0.1, 0.15) is 11.5 Å². The summed E-state index contributed by atoms with van der Waals surface area (Å²) in [5.74, 6) is 0.588. The van der Waals surface area contributed by atoms with Crippen molar-refractivity contribution in [3.05, 3.63) is 71.3 Å². The summed E-state index contributed by atoms with van der Waals surface area (Å²) in [4.78, 5) is 14.9. The zero-order valence-electron chi connectivity index (χ0n) is 18.2. The zero-order chi connectivity index (χ0) is 22.8. The predicted molar refractivity (Wildman–Crippen MR) is 116 cm³/mol. The summed E-state index contributed by atoms with van der Waals surface area (Å²) in [5, 5.41) is 3.39. The predicted octanol–water partition coefficient (Wildman–Crippen LogP) is 5.06. The second-order valence-corrected chi connectivity index (χ2v) is 7.91. The van der Waals surface area contributed by atoms with E-state index >= 15 is 0 Å². The van der Waals surface area contributed by atoms with Crippen LogP contribution in [0, 0.1) is 13.8 Å². The van der Waals surface area contributed by atoms with Gasteiger partial charge in [-0.1, -0.05) is 30.3 Å². The minimum absolute atomic E-state index is 0.309. The minimum atomic E-state index is -4.48. The van der Waals surface area contributed by atoms with Crippen LogP contribution < -0.4 is 5.32 Å². The van der Waals surface area contributed by atoms with Gasteiger partial charge in [0, 0.05) is 18.3 Å². The van der Waals surface area contributed by atoms with E-state index in [-0.39, 0.29) is 5.54 Å². The molecule has 1 N–H and O–H groups in total. The third-order valence-electron chi connectivity index (χ3n) is 5.55. The van der Waals surface area contributed by atoms with Crippen molar-refractivity contribution in [1.29, 1.82) is 0 Å². The monoisotopic (exact) mass is 429 g/mol. The molecule has 2 aromatic heterocycles. The first-order valence-corrected chi connectivity index (χ1v) is 9.88. The molecule has 0 aliphatic rings. The van der Waals surface area contributed by atoms with Crippen LogP contribution in [0.5, 0.6) is 0 Å². The topological polar surface area (TPSA) is 53.9 Å². The van der Waals surface area contributed by atoms with Crippen LogP contribution in [0.4, 0.5) is 19.0 Å². The number of likely N-dealkylation sites (N-methyl/N-ethyl adjacent to an activating group) is 1. The first-order valence-electron chi connectivity index (χ1n) is 9.88. The number of alkyl halides is 3. The maximum absolute atomic E-state index is 12.8. The summed E-state index contributed by atoms with van der Waals surface area (Å²) in [6.07, 6.45) is -3.29. The van der Waals surface area contributed by atoms with E-state index in [1.54, 1.807) is 6.92 Å². The van der Waals surface area contributed by atoms with Gasteiger partial charge in [-0.25, -0.2) is 4.98 Å². The van der Waals surface area contributed by atoms with Gasteiger partial charge in [0.25, 0.3) is 0 Å². The molecule has 5 nitrogen and oxygen atoms in total. The molecular weight excluding hydrogens is 403 g/mol. The van der Waals surface area contributed by atoms with Crippen molar-refractivity contribution in [2.75, 3.05) is 26.0 Å². The van der Waals surface area contributed by atoms with Crippen LogP contribution in [-0.2, 0) is 11.7 Å². The number of pyridine rings is 1. The standard InChI is InChI=1S/C23H26F3N5/c1-15-20(17-11-12-19(27-13-17)23(24,25)26)30-21(16(2)29-15)28-14-22(3,31(4)5)18-9-7-6-8-10-18/h6-13H,14H2,1-5H3,(H,28,30). The average Bonchev–Trinajstić information content (AvgIpc) is 2.73. The van der Waals surface area contributed by atoms with Crippen molar-refractivity contribution < 1.29 is 13.2 Å². The molecule has 31 heavy (non-hydrogen) atoms. The van der Waals surface area contributed by atoms with E-state index in [0.717, 1.165) is 17.3 Å². The molecule has 0 radical (unpaired) electrons. The van der Waals surface area contributed by atoms with Gasteiger partial charge in [-0.3, -0.25) is 14.9 Å². The number of aromatic nitrogens is 3. The largest absolute Gasteiger partial charge is 0.433 e. The Morgan fingerprint density at radius 3 is 2.16 bits per heavy atom. The summed E-state index contributed by atoms with van der Waals surface area (Å²) >= 11 is 0. The molecule has 0 saturated carbocycles. The van der Waals surface area contributed by atoms with Crippen LogP contribution in [-0.4, -0.2) is 40.5 Å². The zero-order valence-corrected chi connectivity index (χ0v) is 18.2. The molecule has 0 bridgehead atoms. The Balaban J connectivity index is 1.91. The highest BCUT2D eigenvalue weighted by Crippen LogP contribution is 2.30. The maximum Gasteiger partial charge on any atom is 0.433 e. The van der Waals surface area contributed by atoms with Crippen LogP contribution in [0.1, 0.15) is 29.6 Å². The van der Waals surface area contributed by atoms with Crippen LogP contribution in [0.3, 0.4) is 0 Å². The molecule has 8 heteroatoms. The van der Waals surface area contributed by atoms with Gasteiger partial charge in [0.15, 0.2) is 0 Å². The Kier molecular flexibility index (Phi) is 6.31. The number of benzene rings is 1. The molecule has 1 aromatic carbocycles. The molecule has 0 aliphatic heterocycles. The smallest absolute Gasteiger partial charge is 0.366 e. The van der Waals surface area contributed by atoms with Gasteiger partial charge >= 0.3 is 6.18 Å². The van der Waals surface area contributed by atoms with Crippen molar-refractivity contribution in [3.8, 4) is 11.3 Å². The van der Waals surface area contributed by atoms with E-state index in [0.29, 0.717) is 29.3 Å². The quantitative estimate of drug-likeness (QED) is 0.593. The van der Waals surface area contributed by atoms with E-state index in [4.69, 9.17) is 0 Å². The van der Waals surface area contributed by atoms with Gasteiger partial charge in [-0.15, -0.1) is 0 Å². The highest BCUT2D eigenvalue weighted by Gasteiger charge is 2.32. The van der Waals surface area contributed by atoms with Gasteiger partial charge in [0.2, 0.25) is 0 Å². The van der Waals surface area contributed by atoms with E-state index < -0.39 is 11.9 Å². The molecule has 3 aromatic rings. The SMILES string of the molecule is Cc1nc(C)c(-c2ccc(C(F)(F)F)nc2)nc1NCC(C)(c1ccccc1)N(C)C. The Labute approximate surface area is 180 Å². The summed E-state index contributed by atoms with van der Waals surface area (Å²) in [6, 6.07) is 12.5. The third-order valence-corrected chi connectivity index (χ3v) is 5.55. The summed E-state index contributed by atoms with van der Waals surface area (Å²) in [5.41, 5.74) is 2.24. The van der Waals surface area contributed by atoms with Crippen LogP contribution in [0.2, 0.25) is 0 Å². The van der Waals surface area contributed by atoms with E-state index in [9.17, 15) is 13.2 Å². The molecule has 0 amide bonds. The fourth-order valence-corrected chi connectivity index (χ4v) is 3.34. The van der Waals surface area contributed by atoms with Crippen LogP contribution in [0.15, 0.2) is 48.7 Å². The van der Waals surface area contributed by atoms with Crippen molar-refractivity contribution in [1.82, 2.24) is 19.9 Å². The number of hydrogen-bond donors (Lipinski definition) is 1. The summed E-state index contributed by atoms with van der Waals surface area (Å²) in [7, 11) is 4.03. The van der Waals surface area contributed by atoms with Gasteiger partial charge in [-0.2, -0.15) is 13.2 Å². The van der Waals surface area contributed by atoms with Crippen LogP contribution >= 0.6 is 0 Å². The molecule has 164 valence electrons. The molecule has 0 saturated heterocycles. The number of nitrogens with one attached hydrogen (secondary N) is 1. The number of rotatable bonds is 6. The Bertz CT molecular complexity index is 1030. The maximum atomic E-state index is 12.8. The second-order valence-electron chi connectivity index (χ2n) is 7.91. The Hall–Kier alpha value is -3.00. The highest BCUT2D eigenvalue weighted by atomic mass is 19.4. The fourth-order valence-electron chi connectivity index (χ4n) is 3.34. The van der Waals surface area contributed by atoms with Crippen LogP contribution in [0.25, 0.3) is 11.3 Å². The normalized spacial score (nSPS) is 13.8. The van der Waals surface area contributed by atoms with Crippen molar-refractivity contribution in [2.24, 2.45) is 0 Å². The third kappa shape index (κ3) is 4.85. The molecule has 1 unspecified atom stereocenters. The number of aryl methyl sites for hydroxylation is 2. The molecule has 1 atom stereocenters. The molecule has 2 heterocycles. The van der Waals surface area contributed by atoms with Gasteiger partial charge in [0.05, 0.1) is 22.6 Å². The number of nitrogens with zero attached hydrogens (tertiary/aromatic N) is 4. The lowest BCUT2D eigenvalue weighted by molar-refractivity contribution is -0.141. The highest BCUT2D eigenvalue weighted by molar-refractivity contribution is 5.63. The first kappa shape index (κ1) is 22.7. The lowest BCUT2D eigenvalue weighted by Gasteiger charge is -2.37. The fraction of sp³-hybridized carbons (Fsp3) is 0.348. The number of halogens is 3. The van der Waals surface area contributed by atoms with Crippen molar-refractivity contribution in [3.63, 3.8) is 0 Å². The van der Waals surface area contributed by atoms with E-state index in [1.807, 2.05) is 39.2 Å². The van der Waals surface area contributed by atoms with Crippen molar-refractivity contribution >= 4 is 5.82 Å². The van der Waals surface area contributed by atoms with E-state index in [2.05, 4.69) is 44.2 Å². The van der Waals surface area contributed by atoms with Crippen molar-refractivity contribution in [2.45, 2.75) is 32.5 Å². The lowest BCUT2D eigenvalue weighted by Crippen LogP contribution is -2.44. The summed E-state index contributed by atoms with van der Waals surface area (Å²) in [6.45, 7) is 6.33. The molecular formula is C23H26F3N5. The number of anilines is 1. The average molecular weight is 429 g/mol. The number of hydrogen-bond acceptors (Lipinski definition) is 5. The molecule has 0 spiro atoms. The second kappa shape index (κ2) is 8.63. The molecule has 0 aliphatic carbocycles. The Morgan fingerprint density at radius 1 is 0.935 bits per heavy atom. The lowest BCUT2D eigenvalue weighted by atomic mass is 9.90. The van der Waals surface area contributed by atoms with Gasteiger partial charge in [-0.05, 0) is 52.6 Å². The summed E-state index contributed by atoms with van der Waals surface area (Å²) < 4.78 is 38.5.